The van der Waals surface area contributed by atoms with E-state index < -0.39 is 11.7 Å². The highest BCUT2D eigenvalue weighted by Crippen LogP contribution is 2.34. The molecular formula is C14H10Cl2F3NO. The SMILES string of the molecule is COCc1cc(-c2ncc(C(F)(F)F)cc2Cl)ccc1Cl. The fraction of sp³-hybridized carbons (Fsp3) is 0.214. The number of aromatic nitrogens is 1. The van der Waals surface area contributed by atoms with Crippen molar-refractivity contribution < 1.29 is 17.9 Å². The van der Waals surface area contributed by atoms with Gasteiger partial charge in [-0.1, -0.05) is 29.3 Å². The minimum atomic E-state index is -4.48. The molecule has 0 fully saturated rings. The molecule has 21 heavy (non-hydrogen) atoms. The van der Waals surface area contributed by atoms with E-state index in [-0.39, 0.29) is 17.3 Å². The smallest absolute Gasteiger partial charge is 0.380 e. The van der Waals surface area contributed by atoms with Crippen LogP contribution in [0.2, 0.25) is 10.0 Å². The molecule has 112 valence electrons. The molecule has 1 aromatic carbocycles. The number of halogens is 5. The van der Waals surface area contributed by atoms with Crippen molar-refractivity contribution in [1.29, 1.82) is 0 Å². The van der Waals surface area contributed by atoms with Gasteiger partial charge in [-0.15, -0.1) is 0 Å². The quantitative estimate of drug-likeness (QED) is 0.767. The number of hydrogen-bond acceptors (Lipinski definition) is 2. The molecule has 0 bridgehead atoms. The molecule has 0 unspecified atom stereocenters. The molecule has 0 atom stereocenters. The zero-order valence-electron chi connectivity index (χ0n) is 10.8. The van der Waals surface area contributed by atoms with Gasteiger partial charge in [0.05, 0.1) is 22.9 Å². The lowest BCUT2D eigenvalue weighted by Gasteiger charge is -2.11. The van der Waals surface area contributed by atoms with Gasteiger partial charge in [0.1, 0.15) is 0 Å². The second kappa shape index (κ2) is 6.22. The largest absolute Gasteiger partial charge is 0.417 e. The topological polar surface area (TPSA) is 22.1 Å². The minimum Gasteiger partial charge on any atom is -0.380 e. The van der Waals surface area contributed by atoms with Crippen LogP contribution in [-0.4, -0.2) is 12.1 Å². The summed E-state index contributed by atoms with van der Waals surface area (Å²) in [6, 6.07) is 5.81. The summed E-state index contributed by atoms with van der Waals surface area (Å²) in [6.07, 6.45) is -3.72. The standard InChI is InChI=1S/C14H10Cl2F3NO/c1-21-7-9-4-8(2-3-11(9)15)13-12(16)5-10(6-20-13)14(17,18)19/h2-6H,7H2,1H3. The lowest BCUT2D eigenvalue weighted by Crippen LogP contribution is -2.05. The normalized spacial score (nSPS) is 11.7. The maximum Gasteiger partial charge on any atom is 0.417 e. The number of hydrogen-bond donors (Lipinski definition) is 0. The van der Waals surface area contributed by atoms with E-state index in [1.54, 1.807) is 18.2 Å². The number of benzene rings is 1. The van der Waals surface area contributed by atoms with Crippen LogP contribution in [0, 0.1) is 0 Å². The first-order chi connectivity index (χ1) is 9.82. The van der Waals surface area contributed by atoms with E-state index in [1.807, 2.05) is 0 Å². The van der Waals surface area contributed by atoms with E-state index in [1.165, 1.54) is 7.11 Å². The molecule has 1 heterocycles. The highest BCUT2D eigenvalue weighted by Gasteiger charge is 2.31. The molecule has 0 aliphatic rings. The Kier molecular flexibility index (Phi) is 4.76. The Morgan fingerprint density at radius 3 is 2.43 bits per heavy atom. The lowest BCUT2D eigenvalue weighted by atomic mass is 10.1. The first kappa shape index (κ1) is 16.1. The van der Waals surface area contributed by atoms with Gasteiger partial charge in [-0.3, -0.25) is 4.98 Å². The summed E-state index contributed by atoms with van der Waals surface area (Å²) in [4.78, 5) is 3.81. The van der Waals surface area contributed by atoms with E-state index in [2.05, 4.69) is 4.98 Å². The Morgan fingerprint density at radius 1 is 1.14 bits per heavy atom. The predicted octanol–water partition coefficient (Wildman–Crippen LogP) is 5.22. The van der Waals surface area contributed by atoms with Gasteiger partial charge in [-0.2, -0.15) is 13.2 Å². The highest BCUT2D eigenvalue weighted by atomic mass is 35.5. The van der Waals surface area contributed by atoms with Crippen LogP contribution in [0.25, 0.3) is 11.3 Å². The van der Waals surface area contributed by atoms with E-state index in [4.69, 9.17) is 27.9 Å². The molecule has 0 spiro atoms. The average molecular weight is 336 g/mol. The van der Waals surface area contributed by atoms with Gasteiger partial charge < -0.3 is 4.74 Å². The zero-order chi connectivity index (χ0) is 15.6. The monoisotopic (exact) mass is 335 g/mol. The number of alkyl halides is 3. The third-order valence-corrected chi connectivity index (χ3v) is 3.44. The summed E-state index contributed by atoms with van der Waals surface area (Å²) in [5.41, 5.74) is 0.653. The average Bonchev–Trinajstić information content (AvgIpc) is 2.40. The van der Waals surface area contributed by atoms with E-state index in [0.29, 0.717) is 16.1 Å². The van der Waals surface area contributed by atoms with Crippen LogP contribution in [0.3, 0.4) is 0 Å². The van der Waals surface area contributed by atoms with Gasteiger partial charge >= 0.3 is 6.18 Å². The van der Waals surface area contributed by atoms with Crippen LogP contribution in [0.5, 0.6) is 0 Å². The fourth-order valence-corrected chi connectivity index (χ4v) is 2.24. The van der Waals surface area contributed by atoms with Crippen LogP contribution < -0.4 is 0 Å². The molecule has 2 nitrogen and oxygen atoms in total. The number of ether oxygens (including phenoxy) is 1. The zero-order valence-corrected chi connectivity index (χ0v) is 12.4. The number of pyridine rings is 1. The number of methoxy groups -OCH3 is 1. The van der Waals surface area contributed by atoms with Crippen LogP contribution in [-0.2, 0) is 17.5 Å². The Balaban J connectivity index is 2.45. The fourth-order valence-electron chi connectivity index (χ4n) is 1.79. The molecule has 0 N–H and O–H groups in total. The molecular weight excluding hydrogens is 326 g/mol. The second-order valence-corrected chi connectivity index (χ2v) is 5.11. The van der Waals surface area contributed by atoms with Gasteiger partial charge in [0.25, 0.3) is 0 Å². The van der Waals surface area contributed by atoms with Crippen molar-refractivity contribution in [2.75, 3.05) is 7.11 Å². The van der Waals surface area contributed by atoms with Crippen molar-refractivity contribution in [2.45, 2.75) is 12.8 Å². The van der Waals surface area contributed by atoms with Crippen LogP contribution in [0.15, 0.2) is 30.5 Å². The summed E-state index contributed by atoms with van der Waals surface area (Å²) in [7, 11) is 1.52. The molecule has 0 radical (unpaired) electrons. The van der Waals surface area contributed by atoms with Crippen molar-refractivity contribution in [3.8, 4) is 11.3 Å². The van der Waals surface area contributed by atoms with Gasteiger partial charge in [0.15, 0.2) is 0 Å². The number of nitrogens with zero attached hydrogens (tertiary/aromatic N) is 1. The van der Waals surface area contributed by atoms with Crippen molar-refractivity contribution in [2.24, 2.45) is 0 Å². The van der Waals surface area contributed by atoms with Crippen molar-refractivity contribution in [1.82, 2.24) is 4.98 Å². The Morgan fingerprint density at radius 2 is 1.86 bits per heavy atom. The minimum absolute atomic E-state index is 0.0736. The molecule has 0 saturated heterocycles. The highest BCUT2D eigenvalue weighted by molar-refractivity contribution is 6.33. The molecule has 0 saturated carbocycles. The van der Waals surface area contributed by atoms with Gasteiger partial charge in [0.2, 0.25) is 0 Å². The van der Waals surface area contributed by atoms with Crippen molar-refractivity contribution >= 4 is 23.2 Å². The maximum absolute atomic E-state index is 12.6. The molecule has 2 rings (SSSR count). The van der Waals surface area contributed by atoms with Crippen molar-refractivity contribution in [3.05, 3.63) is 51.6 Å². The van der Waals surface area contributed by atoms with Gasteiger partial charge in [-0.25, -0.2) is 0 Å². The Hall–Kier alpha value is -1.30. The number of rotatable bonds is 3. The van der Waals surface area contributed by atoms with Crippen LogP contribution in [0.1, 0.15) is 11.1 Å². The molecule has 7 heteroatoms. The second-order valence-electron chi connectivity index (χ2n) is 4.29. The molecule has 2 aromatic rings. The predicted molar refractivity (Wildman–Crippen MR) is 75.4 cm³/mol. The van der Waals surface area contributed by atoms with E-state index in [0.717, 1.165) is 12.3 Å². The Labute approximate surface area is 129 Å². The maximum atomic E-state index is 12.6. The van der Waals surface area contributed by atoms with E-state index >= 15 is 0 Å². The first-order valence-corrected chi connectivity index (χ1v) is 6.59. The summed E-state index contributed by atoms with van der Waals surface area (Å²) in [6.45, 7) is 0.283. The Bertz CT molecular complexity index is 659. The summed E-state index contributed by atoms with van der Waals surface area (Å²) >= 11 is 11.9. The van der Waals surface area contributed by atoms with Crippen molar-refractivity contribution in [3.63, 3.8) is 0 Å². The van der Waals surface area contributed by atoms with Crippen LogP contribution >= 0.6 is 23.2 Å². The molecule has 0 aliphatic carbocycles. The summed E-state index contributed by atoms with van der Waals surface area (Å²) < 4.78 is 42.8. The van der Waals surface area contributed by atoms with Gasteiger partial charge in [-0.05, 0) is 23.8 Å². The summed E-state index contributed by atoms with van der Waals surface area (Å²) in [5, 5.41) is 0.430. The van der Waals surface area contributed by atoms with E-state index in [9.17, 15) is 13.2 Å². The first-order valence-electron chi connectivity index (χ1n) is 5.83. The summed E-state index contributed by atoms with van der Waals surface area (Å²) in [5.74, 6) is 0. The third kappa shape index (κ3) is 3.67. The molecule has 0 aliphatic heterocycles. The van der Waals surface area contributed by atoms with Gasteiger partial charge in [0, 0.05) is 23.9 Å². The molecule has 0 amide bonds. The third-order valence-electron chi connectivity index (χ3n) is 2.79. The van der Waals surface area contributed by atoms with Crippen LogP contribution in [0.4, 0.5) is 13.2 Å². The molecule has 1 aromatic heterocycles. The lowest BCUT2D eigenvalue weighted by molar-refractivity contribution is -0.137.